The lowest BCUT2D eigenvalue weighted by Crippen LogP contribution is -2.11. The first-order valence-corrected chi connectivity index (χ1v) is 4.60. The van der Waals surface area contributed by atoms with E-state index in [1.807, 2.05) is 12.1 Å². The quantitative estimate of drug-likeness (QED) is 0.721. The summed E-state index contributed by atoms with van der Waals surface area (Å²) >= 11 is 0. The minimum atomic E-state index is -0.109. The average molecular weight is 195 g/mol. The smallest absolute Gasteiger partial charge is 0.213 e. The zero-order chi connectivity index (χ0) is 9.80. The molecule has 0 saturated carbocycles. The van der Waals surface area contributed by atoms with Crippen LogP contribution in [0.3, 0.4) is 0 Å². The molecule has 4 nitrogen and oxygen atoms in total. The topological polar surface area (TPSA) is 40.6 Å². The van der Waals surface area contributed by atoms with Crippen molar-refractivity contribution in [2.75, 3.05) is 20.3 Å². The van der Waals surface area contributed by atoms with Crippen LogP contribution in [-0.4, -0.2) is 31.6 Å². The van der Waals surface area contributed by atoms with Gasteiger partial charge in [0.1, 0.15) is 0 Å². The van der Waals surface area contributed by atoms with E-state index in [4.69, 9.17) is 14.2 Å². The molecule has 0 N–H and O–H groups in total. The summed E-state index contributed by atoms with van der Waals surface area (Å²) in [5.74, 6) is 0.625. The van der Waals surface area contributed by atoms with Gasteiger partial charge in [-0.05, 0) is 11.6 Å². The van der Waals surface area contributed by atoms with E-state index in [1.54, 1.807) is 13.3 Å². The Hall–Kier alpha value is -1.13. The fraction of sp³-hybridized carbons (Fsp3) is 0.500. The largest absolute Gasteiger partial charge is 0.481 e. The normalized spacial score (nSPS) is 17.2. The fourth-order valence-electron chi connectivity index (χ4n) is 1.41. The van der Waals surface area contributed by atoms with Gasteiger partial charge < -0.3 is 14.2 Å². The van der Waals surface area contributed by atoms with E-state index < -0.39 is 0 Å². The van der Waals surface area contributed by atoms with Gasteiger partial charge in [-0.2, -0.15) is 0 Å². The number of rotatable bonds is 3. The minimum Gasteiger partial charge on any atom is -0.481 e. The van der Waals surface area contributed by atoms with Crippen molar-refractivity contribution in [3.8, 4) is 5.88 Å². The summed E-state index contributed by atoms with van der Waals surface area (Å²) in [5.41, 5.74) is 1.11. The van der Waals surface area contributed by atoms with Gasteiger partial charge in [0.15, 0.2) is 6.29 Å². The number of methoxy groups -OCH3 is 1. The highest BCUT2D eigenvalue weighted by molar-refractivity contribution is 5.20. The summed E-state index contributed by atoms with van der Waals surface area (Å²) in [6.07, 6.45) is 2.37. The standard InChI is InChI=1S/C10H13NO3/c1-12-9-6-8(2-3-11-9)7-10-13-4-5-14-10/h2-3,6,10H,4-5,7H2,1H3. The molecule has 14 heavy (non-hydrogen) atoms. The van der Waals surface area contributed by atoms with Crippen LogP contribution in [0.2, 0.25) is 0 Å². The zero-order valence-corrected chi connectivity index (χ0v) is 8.10. The van der Waals surface area contributed by atoms with Crippen molar-refractivity contribution in [2.45, 2.75) is 12.7 Å². The summed E-state index contributed by atoms with van der Waals surface area (Å²) < 4.78 is 15.7. The van der Waals surface area contributed by atoms with E-state index in [2.05, 4.69) is 4.98 Å². The Morgan fingerprint density at radius 2 is 2.29 bits per heavy atom. The van der Waals surface area contributed by atoms with Gasteiger partial charge in [-0.1, -0.05) is 0 Å². The van der Waals surface area contributed by atoms with E-state index in [1.165, 1.54) is 0 Å². The van der Waals surface area contributed by atoms with Crippen molar-refractivity contribution >= 4 is 0 Å². The highest BCUT2D eigenvalue weighted by Crippen LogP contribution is 2.14. The second-order valence-corrected chi connectivity index (χ2v) is 3.08. The SMILES string of the molecule is COc1cc(CC2OCCO2)ccn1. The Morgan fingerprint density at radius 1 is 1.50 bits per heavy atom. The molecule has 0 bridgehead atoms. The van der Waals surface area contributed by atoms with Gasteiger partial charge in [-0.25, -0.2) is 4.98 Å². The van der Waals surface area contributed by atoms with Gasteiger partial charge in [-0.15, -0.1) is 0 Å². The Kier molecular flexibility index (Phi) is 2.96. The van der Waals surface area contributed by atoms with E-state index in [9.17, 15) is 0 Å². The third kappa shape index (κ3) is 2.21. The Labute approximate surface area is 82.8 Å². The third-order valence-electron chi connectivity index (χ3n) is 2.10. The third-order valence-corrected chi connectivity index (χ3v) is 2.10. The average Bonchev–Trinajstić information content (AvgIpc) is 2.71. The molecule has 0 aliphatic carbocycles. The van der Waals surface area contributed by atoms with Crippen LogP contribution in [0.4, 0.5) is 0 Å². The molecule has 1 aliphatic rings. The summed E-state index contributed by atoms with van der Waals surface area (Å²) in [6.45, 7) is 1.37. The zero-order valence-electron chi connectivity index (χ0n) is 8.10. The highest BCUT2D eigenvalue weighted by Gasteiger charge is 2.16. The predicted octanol–water partition coefficient (Wildman–Crippen LogP) is 1.01. The maximum absolute atomic E-state index is 5.35. The van der Waals surface area contributed by atoms with Gasteiger partial charge in [-0.3, -0.25) is 0 Å². The van der Waals surface area contributed by atoms with Crippen molar-refractivity contribution in [3.05, 3.63) is 23.9 Å². The lowest BCUT2D eigenvalue weighted by Gasteiger charge is -2.09. The van der Waals surface area contributed by atoms with Crippen LogP contribution in [0, 0.1) is 0 Å². The first-order valence-electron chi connectivity index (χ1n) is 4.60. The van der Waals surface area contributed by atoms with Crippen molar-refractivity contribution in [1.29, 1.82) is 0 Å². The molecule has 1 fully saturated rings. The molecular weight excluding hydrogens is 182 g/mol. The fourth-order valence-corrected chi connectivity index (χ4v) is 1.41. The Bertz CT molecular complexity index is 297. The second-order valence-electron chi connectivity index (χ2n) is 3.08. The molecule has 0 aromatic carbocycles. The second kappa shape index (κ2) is 4.39. The minimum absolute atomic E-state index is 0.109. The summed E-state index contributed by atoms with van der Waals surface area (Å²) in [7, 11) is 1.61. The monoisotopic (exact) mass is 195 g/mol. The van der Waals surface area contributed by atoms with Crippen LogP contribution < -0.4 is 4.74 Å². The molecule has 1 aliphatic heterocycles. The van der Waals surface area contributed by atoms with E-state index in [0.29, 0.717) is 19.1 Å². The van der Waals surface area contributed by atoms with Gasteiger partial charge >= 0.3 is 0 Å². The van der Waals surface area contributed by atoms with Crippen LogP contribution in [-0.2, 0) is 15.9 Å². The number of nitrogens with zero attached hydrogens (tertiary/aromatic N) is 1. The van der Waals surface area contributed by atoms with Gasteiger partial charge in [0.2, 0.25) is 5.88 Å². The number of pyridine rings is 1. The lowest BCUT2D eigenvalue weighted by atomic mass is 10.2. The summed E-state index contributed by atoms with van der Waals surface area (Å²) in [6, 6.07) is 3.83. The maximum atomic E-state index is 5.35. The first kappa shape index (κ1) is 9.43. The van der Waals surface area contributed by atoms with Crippen molar-refractivity contribution in [3.63, 3.8) is 0 Å². The Balaban J connectivity index is 2.00. The molecule has 0 unspecified atom stereocenters. The lowest BCUT2D eigenvalue weighted by molar-refractivity contribution is -0.0400. The summed E-state index contributed by atoms with van der Waals surface area (Å²) in [4.78, 5) is 4.03. The Morgan fingerprint density at radius 3 is 3.00 bits per heavy atom. The molecule has 2 rings (SSSR count). The van der Waals surface area contributed by atoms with E-state index in [0.717, 1.165) is 12.0 Å². The van der Waals surface area contributed by atoms with Crippen molar-refractivity contribution < 1.29 is 14.2 Å². The molecule has 2 heterocycles. The maximum Gasteiger partial charge on any atom is 0.213 e. The van der Waals surface area contributed by atoms with Crippen LogP contribution in [0.1, 0.15) is 5.56 Å². The molecule has 1 saturated heterocycles. The highest BCUT2D eigenvalue weighted by atomic mass is 16.7. The van der Waals surface area contributed by atoms with Crippen LogP contribution >= 0.6 is 0 Å². The van der Waals surface area contributed by atoms with E-state index in [-0.39, 0.29) is 6.29 Å². The molecule has 0 radical (unpaired) electrons. The van der Waals surface area contributed by atoms with Gasteiger partial charge in [0.25, 0.3) is 0 Å². The molecule has 0 spiro atoms. The number of hydrogen-bond donors (Lipinski definition) is 0. The predicted molar refractivity (Wildman–Crippen MR) is 50.2 cm³/mol. The van der Waals surface area contributed by atoms with E-state index >= 15 is 0 Å². The molecular formula is C10H13NO3. The number of aromatic nitrogens is 1. The first-order chi connectivity index (χ1) is 6.88. The van der Waals surface area contributed by atoms with Gasteiger partial charge in [0.05, 0.1) is 20.3 Å². The van der Waals surface area contributed by atoms with Crippen LogP contribution in [0.15, 0.2) is 18.3 Å². The van der Waals surface area contributed by atoms with Crippen LogP contribution in [0.25, 0.3) is 0 Å². The number of ether oxygens (including phenoxy) is 3. The molecule has 76 valence electrons. The molecule has 0 atom stereocenters. The molecule has 1 aromatic heterocycles. The van der Waals surface area contributed by atoms with Crippen LogP contribution in [0.5, 0.6) is 5.88 Å². The molecule has 1 aromatic rings. The summed E-state index contributed by atoms with van der Waals surface area (Å²) in [5, 5.41) is 0. The molecule has 4 heteroatoms. The molecule has 0 amide bonds. The van der Waals surface area contributed by atoms with Gasteiger partial charge in [0, 0.05) is 18.7 Å². The van der Waals surface area contributed by atoms with Crippen molar-refractivity contribution in [2.24, 2.45) is 0 Å². The van der Waals surface area contributed by atoms with Crippen molar-refractivity contribution in [1.82, 2.24) is 4.98 Å². The number of hydrogen-bond acceptors (Lipinski definition) is 4.